The van der Waals surface area contributed by atoms with Gasteiger partial charge in [0.1, 0.15) is 11.4 Å². The van der Waals surface area contributed by atoms with Crippen LogP contribution in [0.5, 0.6) is 0 Å². The number of hydrogen-bond acceptors (Lipinski definition) is 2. The van der Waals surface area contributed by atoms with Gasteiger partial charge in [-0.1, -0.05) is 29.3 Å². The van der Waals surface area contributed by atoms with Crippen LogP contribution in [0.25, 0.3) is 0 Å². The number of sulfonamides is 1. The minimum atomic E-state index is -4.64. The monoisotopic (exact) mass is 307 g/mol. The first-order valence-corrected chi connectivity index (χ1v) is 6.38. The van der Waals surface area contributed by atoms with E-state index in [0.717, 1.165) is 6.07 Å². The fourth-order valence-electron chi connectivity index (χ4n) is 0.946. The third-order valence-corrected chi connectivity index (χ3v) is 4.04. The lowest BCUT2D eigenvalue weighted by Crippen LogP contribution is -2.33. The van der Waals surface area contributed by atoms with Gasteiger partial charge in [-0.15, -0.1) is 0 Å². The van der Waals surface area contributed by atoms with E-state index in [9.17, 15) is 21.6 Å². The SMILES string of the molecule is O=S(=O)(NCC(F)(F)F)c1cccc(Cl)c1Cl. The van der Waals surface area contributed by atoms with Gasteiger partial charge in [0.05, 0.1) is 10.0 Å². The highest BCUT2D eigenvalue weighted by Crippen LogP contribution is 2.29. The van der Waals surface area contributed by atoms with Gasteiger partial charge in [0.15, 0.2) is 0 Å². The van der Waals surface area contributed by atoms with Gasteiger partial charge < -0.3 is 0 Å². The van der Waals surface area contributed by atoms with Crippen molar-refractivity contribution >= 4 is 33.2 Å². The molecule has 1 N–H and O–H groups in total. The molecule has 3 nitrogen and oxygen atoms in total. The summed E-state index contributed by atoms with van der Waals surface area (Å²) in [6.07, 6.45) is -4.64. The highest BCUT2D eigenvalue weighted by atomic mass is 35.5. The van der Waals surface area contributed by atoms with Crippen LogP contribution in [0, 0.1) is 0 Å². The van der Waals surface area contributed by atoms with Gasteiger partial charge in [-0.25, -0.2) is 13.1 Å². The zero-order chi connectivity index (χ0) is 13.3. The van der Waals surface area contributed by atoms with Crippen LogP contribution in [0.1, 0.15) is 0 Å². The average Bonchev–Trinajstić information content (AvgIpc) is 2.18. The summed E-state index contributed by atoms with van der Waals surface area (Å²) in [7, 11) is -4.33. The van der Waals surface area contributed by atoms with Crippen molar-refractivity contribution in [3.8, 4) is 0 Å². The van der Waals surface area contributed by atoms with Crippen LogP contribution in [-0.4, -0.2) is 21.1 Å². The molecule has 0 saturated heterocycles. The topological polar surface area (TPSA) is 46.2 Å². The molecule has 0 aliphatic rings. The standard InChI is InChI=1S/C8H6Cl2F3NO2S/c9-5-2-1-3-6(7(5)10)17(15,16)14-4-8(11,12)13/h1-3,14H,4H2. The van der Waals surface area contributed by atoms with E-state index in [-0.39, 0.29) is 10.0 Å². The predicted octanol–water partition coefficient (Wildman–Crippen LogP) is 2.83. The summed E-state index contributed by atoms with van der Waals surface area (Å²) in [5, 5.41) is -0.370. The summed E-state index contributed by atoms with van der Waals surface area (Å²) in [5.74, 6) is 0. The number of benzene rings is 1. The van der Waals surface area contributed by atoms with E-state index in [1.165, 1.54) is 16.9 Å². The predicted molar refractivity (Wildman–Crippen MR) is 57.7 cm³/mol. The second kappa shape index (κ2) is 5.01. The number of rotatable bonds is 3. The molecule has 0 unspecified atom stereocenters. The fraction of sp³-hybridized carbons (Fsp3) is 0.250. The highest BCUT2D eigenvalue weighted by molar-refractivity contribution is 7.89. The first-order chi connectivity index (χ1) is 7.63. The van der Waals surface area contributed by atoms with Crippen LogP contribution in [-0.2, 0) is 10.0 Å². The van der Waals surface area contributed by atoms with Gasteiger partial charge in [-0.2, -0.15) is 13.2 Å². The van der Waals surface area contributed by atoms with Crippen molar-refractivity contribution in [1.82, 2.24) is 4.72 Å². The molecular formula is C8H6Cl2F3NO2S. The minimum absolute atomic E-state index is 0.0541. The Morgan fingerprint density at radius 2 is 1.82 bits per heavy atom. The van der Waals surface area contributed by atoms with Gasteiger partial charge in [-0.3, -0.25) is 0 Å². The van der Waals surface area contributed by atoms with Crippen LogP contribution in [0.3, 0.4) is 0 Å². The fourth-order valence-corrected chi connectivity index (χ4v) is 2.72. The summed E-state index contributed by atoms with van der Waals surface area (Å²) < 4.78 is 60.1. The maximum absolute atomic E-state index is 11.9. The molecule has 9 heteroatoms. The van der Waals surface area contributed by atoms with Gasteiger partial charge in [0.25, 0.3) is 0 Å². The Bertz CT molecular complexity index is 516. The summed E-state index contributed by atoms with van der Waals surface area (Å²) in [6, 6.07) is 3.66. The van der Waals surface area contributed by atoms with Gasteiger partial charge in [-0.05, 0) is 12.1 Å². The maximum atomic E-state index is 11.9. The Labute approximate surface area is 106 Å². The molecule has 0 heterocycles. The van der Waals surface area contributed by atoms with Crippen molar-refractivity contribution in [2.75, 3.05) is 6.54 Å². The lowest BCUT2D eigenvalue weighted by atomic mass is 10.4. The van der Waals surface area contributed by atoms with Crippen LogP contribution in [0.15, 0.2) is 23.1 Å². The lowest BCUT2D eigenvalue weighted by molar-refractivity contribution is -0.121. The summed E-state index contributed by atoms with van der Waals surface area (Å²) in [4.78, 5) is -0.490. The molecular weight excluding hydrogens is 302 g/mol. The molecule has 0 saturated carbocycles. The van der Waals surface area contributed by atoms with Crippen LogP contribution >= 0.6 is 23.2 Å². The van der Waals surface area contributed by atoms with E-state index in [1.807, 2.05) is 0 Å². The number of halogens is 5. The van der Waals surface area contributed by atoms with Crippen LogP contribution < -0.4 is 4.72 Å². The summed E-state index contributed by atoms with van der Waals surface area (Å²) >= 11 is 11.2. The van der Waals surface area contributed by atoms with E-state index in [1.54, 1.807) is 0 Å². The minimum Gasteiger partial charge on any atom is -0.207 e. The highest BCUT2D eigenvalue weighted by Gasteiger charge is 2.30. The Balaban J connectivity index is 3.02. The van der Waals surface area contributed by atoms with Crippen molar-refractivity contribution in [3.05, 3.63) is 28.2 Å². The first kappa shape index (κ1) is 14.6. The zero-order valence-corrected chi connectivity index (χ0v) is 10.4. The second-order valence-corrected chi connectivity index (χ2v) is 5.51. The molecule has 0 aliphatic heterocycles. The van der Waals surface area contributed by atoms with Crippen molar-refractivity contribution < 1.29 is 21.6 Å². The third kappa shape index (κ3) is 4.02. The molecule has 1 aromatic rings. The molecule has 17 heavy (non-hydrogen) atoms. The molecule has 0 aliphatic carbocycles. The van der Waals surface area contributed by atoms with Crippen molar-refractivity contribution in [2.45, 2.75) is 11.1 Å². The normalized spacial score (nSPS) is 12.8. The van der Waals surface area contributed by atoms with E-state index in [4.69, 9.17) is 23.2 Å². The Hall–Kier alpha value is -0.500. The molecule has 0 aromatic heterocycles. The second-order valence-electron chi connectivity index (χ2n) is 2.99. The number of alkyl halides is 3. The lowest BCUT2D eigenvalue weighted by Gasteiger charge is -2.10. The van der Waals surface area contributed by atoms with Crippen LogP contribution in [0.2, 0.25) is 10.0 Å². The molecule has 0 fully saturated rings. The molecule has 0 radical (unpaired) electrons. The van der Waals surface area contributed by atoms with E-state index >= 15 is 0 Å². The van der Waals surface area contributed by atoms with Gasteiger partial charge >= 0.3 is 6.18 Å². The molecule has 96 valence electrons. The Morgan fingerprint density at radius 3 is 2.35 bits per heavy atom. The van der Waals surface area contributed by atoms with Crippen LogP contribution in [0.4, 0.5) is 13.2 Å². The maximum Gasteiger partial charge on any atom is 0.402 e. The largest absolute Gasteiger partial charge is 0.402 e. The smallest absolute Gasteiger partial charge is 0.207 e. The van der Waals surface area contributed by atoms with Crippen molar-refractivity contribution in [2.24, 2.45) is 0 Å². The van der Waals surface area contributed by atoms with Gasteiger partial charge in [0, 0.05) is 0 Å². The molecule has 0 amide bonds. The van der Waals surface area contributed by atoms with Crippen molar-refractivity contribution in [1.29, 1.82) is 0 Å². The van der Waals surface area contributed by atoms with E-state index in [2.05, 4.69) is 0 Å². The van der Waals surface area contributed by atoms with E-state index in [0.29, 0.717) is 0 Å². The third-order valence-electron chi connectivity index (χ3n) is 1.67. The number of hydrogen-bond donors (Lipinski definition) is 1. The molecule has 0 spiro atoms. The summed E-state index contributed by atoms with van der Waals surface area (Å²) in [6.45, 7) is -1.67. The Kier molecular flexibility index (Phi) is 4.29. The Morgan fingerprint density at radius 1 is 1.24 bits per heavy atom. The zero-order valence-electron chi connectivity index (χ0n) is 8.05. The molecule has 0 atom stereocenters. The van der Waals surface area contributed by atoms with Crippen molar-refractivity contribution in [3.63, 3.8) is 0 Å². The molecule has 1 rings (SSSR count). The average molecular weight is 308 g/mol. The summed E-state index contributed by atoms with van der Waals surface area (Å²) in [5.41, 5.74) is 0. The van der Waals surface area contributed by atoms with E-state index < -0.39 is 27.6 Å². The van der Waals surface area contributed by atoms with Gasteiger partial charge in [0.2, 0.25) is 10.0 Å². The first-order valence-electron chi connectivity index (χ1n) is 4.14. The molecule has 1 aromatic carbocycles. The molecule has 0 bridgehead atoms. The quantitative estimate of drug-likeness (QED) is 0.933. The number of nitrogens with one attached hydrogen (secondary N) is 1.